The molecule has 6 heteroatoms. The van der Waals surface area contributed by atoms with Gasteiger partial charge in [0.05, 0.1) is 17.5 Å². The zero-order valence-corrected chi connectivity index (χ0v) is 16.8. The number of benzene rings is 1. The number of fused-ring (bicyclic) bond motifs is 1. The number of nitrogens with one attached hydrogen (secondary N) is 1. The fraction of sp³-hybridized carbons (Fsp3) is 0.333. The summed E-state index contributed by atoms with van der Waals surface area (Å²) in [5.74, 6) is -0.104. The van der Waals surface area contributed by atoms with E-state index in [0.717, 1.165) is 28.3 Å². The van der Waals surface area contributed by atoms with Gasteiger partial charge in [-0.3, -0.25) is 9.20 Å². The Labute approximate surface area is 163 Å². The molecule has 2 aromatic heterocycles. The lowest BCUT2D eigenvalue weighted by atomic mass is 10.1. The lowest BCUT2D eigenvalue weighted by Gasteiger charge is -2.13. The van der Waals surface area contributed by atoms with Gasteiger partial charge < -0.3 is 10.1 Å². The Hall–Kier alpha value is -2.44. The Morgan fingerprint density at radius 1 is 1.33 bits per heavy atom. The van der Waals surface area contributed by atoms with Crippen molar-refractivity contribution in [3.8, 4) is 0 Å². The van der Waals surface area contributed by atoms with Crippen LogP contribution in [0.3, 0.4) is 0 Å². The lowest BCUT2D eigenvalue weighted by molar-refractivity contribution is -0.116. The van der Waals surface area contributed by atoms with Crippen molar-refractivity contribution in [3.63, 3.8) is 0 Å². The maximum Gasteiger partial charge on any atom is 0.244 e. The minimum absolute atomic E-state index is 0.0584. The third-order valence-corrected chi connectivity index (χ3v) is 5.21. The first-order valence-corrected chi connectivity index (χ1v) is 9.94. The van der Waals surface area contributed by atoms with Gasteiger partial charge in [0.2, 0.25) is 5.91 Å². The second kappa shape index (κ2) is 8.97. The molecule has 5 nitrogen and oxygen atoms in total. The van der Waals surface area contributed by atoms with Crippen molar-refractivity contribution in [2.45, 2.75) is 33.3 Å². The summed E-state index contributed by atoms with van der Waals surface area (Å²) >= 11 is 1.64. The molecule has 3 rings (SSSR count). The smallest absolute Gasteiger partial charge is 0.244 e. The van der Waals surface area contributed by atoms with E-state index >= 15 is 0 Å². The van der Waals surface area contributed by atoms with Crippen LogP contribution in [0.15, 0.2) is 42.6 Å². The number of thiazole rings is 1. The number of imidazole rings is 1. The van der Waals surface area contributed by atoms with Crippen LogP contribution < -0.4 is 5.32 Å². The number of aryl methyl sites for hydroxylation is 2. The van der Waals surface area contributed by atoms with Crippen molar-refractivity contribution < 1.29 is 9.53 Å². The van der Waals surface area contributed by atoms with Crippen molar-refractivity contribution in [2.75, 3.05) is 13.2 Å². The summed E-state index contributed by atoms with van der Waals surface area (Å²) < 4.78 is 7.84. The van der Waals surface area contributed by atoms with E-state index in [9.17, 15) is 4.79 Å². The highest BCUT2D eigenvalue weighted by Crippen LogP contribution is 2.21. The molecule has 0 saturated carbocycles. The standard InChI is InChI=1S/C21H25N3O2S/c1-15-14-24-19(16(2)23-21(24)27-15)10-11-20(25)22-12-7-13-26-17(3)18-8-5-4-6-9-18/h4-6,8-11,14,17H,7,12-13H2,1-3H3,(H,22,25)/b11-10+/t17-/m1/s1. The molecule has 1 amide bonds. The number of ether oxygens (including phenoxy) is 1. The van der Waals surface area contributed by atoms with Crippen LogP contribution in [0.2, 0.25) is 0 Å². The molecule has 1 atom stereocenters. The van der Waals surface area contributed by atoms with Gasteiger partial charge in [-0.2, -0.15) is 0 Å². The first-order valence-electron chi connectivity index (χ1n) is 9.12. The quantitative estimate of drug-likeness (QED) is 0.466. The largest absolute Gasteiger partial charge is 0.374 e. The number of carbonyl (C=O) groups excluding carboxylic acids is 1. The minimum Gasteiger partial charge on any atom is -0.374 e. The van der Waals surface area contributed by atoms with E-state index in [1.54, 1.807) is 17.4 Å². The maximum absolute atomic E-state index is 12.0. The Morgan fingerprint density at radius 2 is 2.11 bits per heavy atom. The number of hydrogen-bond acceptors (Lipinski definition) is 4. The van der Waals surface area contributed by atoms with E-state index in [1.165, 1.54) is 4.88 Å². The van der Waals surface area contributed by atoms with Crippen molar-refractivity contribution in [1.29, 1.82) is 0 Å². The van der Waals surface area contributed by atoms with Gasteiger partial charge in [-0.1, -0.05) is 30.3 Å². The summed E-state index contributed by atoms with van der Waals surface area (Å²) in [6, 6.07) is 10.1. The Kier molecular flexibility index (Phi) is 6.42. The summed E-state index contributed by atoms with van der Waals surface area (Å²) in [6.45, 7) is 7.24. The van der Waals surface area contributed by atoms with E-state index in [-0.39, 0.29) is 12.0 Å². The molecule has 27 heavy (non-hydrogen) atoms. The van der Waals surface area contributed by atoms with Crippen LogP contribution in [0.4, 0.5) is 0 Å². The highest BCUT2D eigenvalue weighted by molar-refractivity contribution is 7.17. The SMILES string of the molecule is Cc1cn2c(/C=C/C(=O)NCCCO[C@H](C)c3ccccc3)c(C)nc2s1. The third kappa shape index (κ3) is 5.05. The molecule has 0 spiro atoms. The van der Waals surface area contributed by atoms with Crippen LogP contribution in [0.25, 0.3) is 11.0 Å². The van der Waals surface area contributed by atoms with Gasteiger partial charge in [0, 0.05) is 30.3 Å². The van der Waals surface area contributed by atoms with Crippen molar-refractivity contribution in [1.82, 2.24) is 14.7 Å². The normalized spacial score (nSPS) is 12.7. The molecule has 0 aliphatic heterocycles. The average Bonchev–Trinajstić information content (AvgIpc) is 3.15. The highest BCUT2D eigenvalue weighted by atomic mass is 32.1. The van der Waals surface area contributed by atoms with E-state index in [2.05, 4.69) is 29.4 Å². The van der Waals surface area contributed by atoms with Crippen LogP contribution >= 0.6 is 11.3 Å². The van der Waals surface area contributed by atoms with Gasteiger partial charge >= 0.3 is 0 Å². The number of aromatic nitrogens is 2. The van der Waals surface area contributed by atoms with Gasteiger partial charge in [0.25, 0.3) is 0 Å². The molecule has 1 N–H and O–H groups in total. The molecule has 0 radical (unpaired) electrons. The van der Waals surface area contributed by atoms with E-state index in [1.807, 2.05) is 48.7 Å². The van der Waals surface area contributed by atoms with Crippen molar-refractivity contribution in [2.24, 2.45) is 0 Å². The van der Waals surface area contributed by atoms with Crippen LogP contribution in [0, 0.1) is 13.8 Å². The van der Waals surface area contributed by atoms with Crippen LogP contribution in [0.1, 0.15) is 41.3 Å². The zero-order chi connectivity index (χ0) is 19.2. The van der Waals surface area contributed by atoms with Crippen molar-refractivity contribution >= 4 is 28.3 Å². The van der Waals surface area contributed by atoms with Crippen LogP contribution in [-0.4, -0.2) is 28.4 Å². The maximum atomic E-state index is 12.0. The Bertz CT molecular complexity index is 928. The molecule has 0 aliphatic carbocycles. The van der Waals surface area contributed by atoms with Gasteiger partial charge in [0.15, 0.2) is 4.96 Å². The molecular weight excluding hydrogens is 358 g/mol. The molecule has 0 saturated heterocycles. The average molecular weight is 384 g/mol. The summed E-state index contributed by atoms with van der Waals surface area (Å²) in [6.07, 6.45) is 6.27. The number of hydrogen-bond donors (Lipinski definition) is 1. The highest BCUT2D eigenvalue weighted by Gasteiger charge is 2.09. The molecule has 0 aliphatic rings. The second-order valence-corrected chi connectivity index (χ2v) is 7.69. The lowest BCUT2D eigenvalue weighted by Crippen LogP contribution is -2.23. The predicted molar refractivity (Wildman–Crippen MR) is 110 cm³/mol. The number of amides is 1. The molecule has 142 valence electrons. The summed E-state index contributed by atoms with van der Waals surface area (Å²) in [5.41, 5.74) is 3.04. The summed E-state index contributed by atoms with van der Waals surface area (Å²) in [4.78, 5) is 18.7. The van der Waals surface area contributed by atoms with E-state index in [4.69, 9.17) is 4.74 Å². The topological polar surface area (TPSA) is 55.6 Å². The summed E-state index contributed by atoms with van der Waals surface area (Å²) in [7, 11) is 0. The van der Waals surface area contributed by atoms with Crippen LogP contribution in [0.5, 0.6) is 0 Å². The number of nitrogens with zero attached hydrogens (tertiary/aromatic N) is 2. The minimum atomic E-state index is -0.104. The first-order chi connectivity index (χ1) is 13.0. The van der Waals surface area contributed by atoms with Crippen molar-refractivity contribution in [3.05, 3.63) is 64.4 Å². The first kappa shape index (κ1) is 19.3. The molecule has 3 aromatic rings. The Balaban J connectivity index is 1.42. The van der Waals surface area contributed by atoms with Gasteiger partial charge in [-0.15, -0.1) is 11.3 Å². The van der Waals surface area contributed by atoms with Gasteiger partial charge in [-0.25, -0.2) is 4.98 Å². The Morgan fingerprint density at radius 3 is 2.89 bits per heavy atom. The fourth-order valence-electron chi connectivity index (χ4n) is 2.86. The van der Waals surface area contributed by atoms with Gasteiger partial charge in [0.1, 0.15) is 0 Å². The summed E-state index contributed by atoms with van der Waals surface area (Å²) in [5, 5.41) is 2.90. The molecule has 2 heterocycles. The molecule has 1 aromatic carbocycles. The monoisotopic (exact) mass is 383 g/mol. The molecule has 0 bridgehead atoms. The zero-order valence-electron chi connectivity index (χ0n) is 15.9. The molecular formula is C21H25N3O2S. The fourth-order valence-corrected chi connectivity index (χ4v) is 3.74. The predicted octanol–water partition coefficient (Wildman–Crippen LogP) is 4.31. The second-order valence-electron chi connectivity index (χ2n) is 6.48. The van der Waals surface area contributed by atoms with Crippen LogP contribution in [-0.2, 0) is 9.53 Å². The van der Waals surface area contributed by atoms with Gasteiger partial charge in [-0.05, 0) is 38.8 Å². The molecule has 0 unspecified atom stereocenters. The van der Waals surface area contributed by atoms with E-state index in [0.29, 0.717) is 13.2 Å². The third-order valence-electron chi connectivity index (χ3n) is 4.31. The van der Waals surface area contributed by atoms with E-state index < -0.39 is 0 Å². The molecule has 0 fully saturated rings. The number of rotatable bonds is 8. The number of carbonyl (C=O) groups is 1.